The van der Waals surface area contributed by atoms with Crippen molar-refractivity contribution < 1.29 is 14.3 Å². The number of carbonyl (C=O) groups is 1. The average Bonchev–Trinajstić information content (AvgIpc) is 2.98. The van der Waals surface area contributed by atoms with E-state index in [9.17, 15) is 14.3 Å². The van der Waals surface area contributed by atoms with Crippen molar-refractivity contribution in [3.63, 3.8) is 0 Å². The van der Waals surface area contributed by atoms with Crippen molar-refractivity contribution in [2.75, 3.05) is 29.5 Å². The van der Waals surface area contributed by atoms with Crippen LogP contribution in [-0.2, 0) is 4.79 Å². The maximum absolute atomic E-state index is 14.1. The van der Waals surface area contributed by atoms with Crippen LogP contribution in [0.3, 0.4) is 0 Å². The summed E-state index contributed by atoms with van der Waals surface area (Å²) in [5, 5.41) is 13.3. The van der Waals surface area contributed by atoms with E-state index in [0.29, 0.717) is 24.4 Å². The Labute approximate surface area is 140 Å². The van der Waals surface area contributed by atoms with E-state index in [2.05, 4.69) is 5.32 Å². The number of hydrogen-bond acceptors (Lipinski definition) is 4. The number of halogens is 1. The Balaban J connectivity index is 1.66. The van der Waals surface area contributed by atoms with E-state index in [1.165, 1.54) is 6.07 Å². The zero-order chi connectivity index (χ0) is 16.4. The Bertz CT molecular complexity index is 590. The van der Waals surface area contributed by atoms with Gasteiger partial charge < -0.3 is 15.3 Å². The highest BCUT2D eigenvalue weighted by molar-refractivity contribution is 7.99. The van der Waals surface area contributed by atoms with E-state index in [0.717, 1.165) is 30.7 Å². The second-order valence-electron chi connectivity index (χ2n) is 6.55. The first kappa shape index (κ1) is 16.6. The van der Waals surface area contributed by atoms with Gasteiger partial charge in [-0.3, -0.25) is 4.79 Å². The second-order valence-corrected chi connectivity index (χ2v) is 7.65. The molecule has 2 atom stereocenters. The minimum atomic E-state index is -1.23. The molecule has 1 aromatic rings. The van der Waals surface area contributed by atoms with E-state index in [1.807, 2.05) is 17.9 Å². The minimum absolute atomic E-state index is 0.0502. The normalized spacial score (nSPS) is 28.0. The van der Waals surface area contributed by atoms with Gasteiger partial charge in [-0.25, -0.2) is 4.39 Å². The third kappa shape index (κ3) is 3.63. The number of thioether (sulfide) groups is 1. The Morgan fingerprint density at radius 3 is 3.09 bits per heavy atom. The van der Waals surface area contributed by atoms with Crippen molar-refractivity contribution in [3.8, 4) is 0 Å². The molecule has 6 heteroatoms. The maximum atomic E-state index is 14.1. The molecule has 2 fully saturated rings. The highest BCUT2D eigenvalue weighted by Gasteiger charge is 2.40. The van der Waals surface area contributed by atoms with E-state index in [1.54, 1.807) is 17.8 Å². The van der Waals surface area contributed by atoms with Crippen LogP contribution in [0.5, 0.6) is 0 Å². The molecule has 126 valence electrons. The van der Waals surface area contributed by atoms with Gasteiger partial charge in [0.25, 0.3) is 5.91 Å². The highest BCUT2D eigenvalue weighted by atomic mass is 32.2. The van der Waals surface area contributed by atoms with E-state index >= 15 is 0 Å². The second kappa shape index (κ2) is 6.69. The fourth-order valence-electron chi connectivity index (χ4n) is 3.23. The summed E-state index contributed by atoms with van der Waals surface area (Å²) in [6, 6.07) is 5.05. The van der Waals surface area contributed by atoms with Gasteiger partial charge in [0.1, 0.15) is 5.82 Å². The molecule has 23 heavy (non-hydrogen) atoms. The molecule has 0 radical (unpaired) electrons. The number of anilines is 1. The van der Waals surface area contributed by atoms with Gasteiger partial charge in [-0.1, -0.05) is 6.07 Å². The van der Waals surface area contributed by atoms with Gasteiger partial charge in [0.2, 0.25) is 0 Å². The Hall–Kier alpha value is -1.27. The fourth-order valence-corrected chi connectivity index (χ4v) is 4.47. The van der Waals surface area contributed by atoms with Crippen LogP contribution in [0.1, 0.15) is 24.8 Å². The van der Waals surface area contributed by atoms with Crippen LogP contribution in [0.4, 0.5) is 10.1 Å². The zero-order valence-electron chi connectivity index (χ0n) is 13.3. The van der Waals surface area contributed by atoms with Crippen molar-refractivity contribution in [2.45, 2.75) is 37.8 Å². The van der Waals surface area contributed by atoms with Gasteiger partial charge in [0, 0.05) is 24.9 Å². The predicted octanol–water partition coefficient (Wildman–Crippen LogP) is 2.09. The molecule has 1 amide bonds. The number of piperidine rings is 1. The topological polar surface area (TPSA) is 52.6 Å². The first-order valence-corrected chi connectivity index (χ1v) is 9.26. The Kier molecular flexibility index (Phi) is 4.82. The number of amides is 1. The van der Waals surface area contributed by atoms with E-state index in [4.69, 9.17) is 0 Å². The summed E-state index contributed by atoms with van der Waals surface area (Å²) in [5.41, 5.74) is 0.380. The summed E-state index contributed by atoms with van der Waals surface area (Å²) in [6.07, 6.45) is 2.26. The molecule has 2 heterocycles. The first-order valence-electron chi connectivity index (χ1n) is 8.10. The monoisotopic (exact) mass is 338 g/mol. The molecule has 0 bridgehead atoms. The van der Waals surface area contributed by atoms with Crippen molar-refractivity contribution in [3.05, 3.63) is 29.6 Å². The van der Waals surface area contributed by atoms with Crippen LogP contribution in [0, 0.1) is 12.7 Å². The fraction of sp³-hybridized carbons (Fsp3) is 0.588. The lowest BCUT2D eigenvalue weighted by molar-refractivity contribution is -0.138. The first-order chi connectivity index (χ1) is 11.0. The van der Waals surface area contributed by atoms with Gasteiger partial charge in [-0.15, -0.1) is 0 Å². The Morgan fingerprint density at radius 2 is 2.35 bits per heavy atom. The van der Waals surface area contributed by atoms with E-state index in [-0.39, 0.29) is 17.8 Å². The molecule has 0 aromatic heterocycles. The summed E-state index contributed by atoms with van der Waals surface area (Å²) in [7, 11) is 0. The summed E-state index contributed by atoms with van der Waals surface area (Å²) < 4.78 is 14.1. The summed E-state index contributed by atoms with van der Waals surface area (Å²) >= 11 is 1.60. The van der Waals surface area contributed by atoms with Gasteiger partial charge >= 0.3 is 0 Å². The quantitative estimate of drug-likeness (QED) is 0.886. The molecule has 0 unspecified atom stereocenters. The smallest absolute Gasteiger partial charge is 0.253 e. The lowest BCUT2D eigenvalue weighted by atomic mass is 9.99. The minimum Gasteiger partial charge on any atom is -0.379 e. The third-order valence-electron chi connectivity index (χ3n) is 4.62. The van der Waals surface area contributed by atoms with Gasteiger partial charge in [0.15, 0.2) is 5.60 Å². The zero-order valence-corrected chi connectivity index (χ0v) is 14.2. The Morgan fingerprint density at radius 1 is 1.52 bits per heavy atom. The van der Waals surface area contributed by atoms with Crippen molar-refractivity contribution >= 4 is 23.4 Å². The molecule has 0 aliphatic carbocycles. The molecule has 3 rings (SSSR count). The summed E-state index contributed by atoms with van der Waals surface area (Å²) in [6.45, 7) is 3.31. The van der Waals surface area contributed by atoms with Crippen LogP contribution in [0.2, 0.25) is 0 Å². The van der Waals surface area contributed by atoms with Crippen molar-refractivity contribution in [2.24, 2.45) is 0 Å². The van der Waals surface area contributed by atoms with Crippen molar-refractivity contribution in [1.82, 2.24) is 5.32 Å². The summed E-state index contributed by atoms with van der Waals surface area (Å²) in [4.78, 5) is 14.3. The van der Waals surface area contributed by atoms with Gasteiger partial charge in [-0.05, 0) is 49.6 Å². The lowest BCUT2D eigenvalue weighted by Gasteiger charge is -2.36. The SMILES string of the molecule is Cc1ccc(F)c(N2CCC[C@H](NC(=O)[C@@]3(O)CCSC3)C2)c1. The number of hydrogen-bond donors (Lipinski definition) is 2. The molecule has 2 aliphatic rings. The highest BCUT2D eigenvalue weighted by Crippen LogP contribution is 2.29. The van der Waals surface area contributed by atoms with Gasteiger partial charge in [-0.2, -0.15) is 11.8 Å². The van der Waals surface area contributed by atoms with Crippen LogP contribution in [-0.4, -0.2) is 47.3 Å². The largest absolute Gasteiger partial charge is 0.379 e. The van der Waals surface area contributed by atoms with Crippen LogP contribution in [0.15, 0.2) is 18.2 Å². The number of nitrogens with zero attached hydrogens (tertiary/aromatic N) is 1. The molecule has 0 saturated carbocycles. The molecule has 2 aliphatic heterocycles. The average molecular weight is 338 g/mol. The lowest BCUT2D eigenvalue weighted by Crippen LogP contribution is -2.55. The number of carbonyl (C=O) groups excluding carboxylic acids is 1. The molecule has 1 aromatic carbocycles. The van der Waals surface area contributed by atoms with Gasteiger partial charge in [0.05, 0.1) is 5.69 Å². The van der Waals surface area contributed by atoms with Crippen LogP contribution < -0.4 is 10.2 Å². The number of nitrogens with one attached hydrogen (secondary N) is 1. The van der Waals surface area contributed by atoms with Crippen LogP contribution in [0.25, 0.3) is 0 Å². The molecular weight excluding hydrogens is 315 g/mol. The van der Waals surface area contributed by atoms with E-state index < -0.39 is 5.60 Å². The molecule has 4 nitrogen and oxygen atoms in total. The standard InChI is InChI=1S/C17H23FN2O2S/c1-12-4-5-14(18)15(9-12)20-7-2-3-13(10-20)19-16(21)17(22)6-8-23-11-17/h4-5,9,13,22H,2-3,6-8,10-11H2,1H3,(H,19,21)/t13-,17+/m0/s1. The van der Waals surface area contributed by atoms with Crippen molar-refractivity contribution in [1.29, 1.82) is 0 Å². The maximum Gasteiger partial charge on any atom is 0.253 e. The number of aryl methyl sites for hydroxylation is 1. The number of benzene rings is 1. The predicted molar refractivity (Wildman–Crippen MR) is 91.4 cm³/mol. The third-order valence-corrected chi connectivity index (χ3v) is 5.80. The number of aliphatic hydroxyl groups is 1. The number of rotatable bonds is 3. The summed E-state index contributed by atoms with van der Waals surface area (Å²) in [5.74, 6) is 0.768. The van der Waals surface area contributed by atoms with Crippen LogP contribution >= 0.6 is 11.8 Å². The molecule has 0 spiro atoms. The molecule has 2 saturated heterocycles. The molecule has 2 N–H and O–H groups in total. The molecular formula is C17H23FN2O2S.